The third kappa shape index (κ3) is 4.05. The number of nitrogens with one attached hydrogen (secondary N) is 1. The SMILES string of the molecule is Cc1ccccc1C(C)CNC(C)(C)C. The summed E-state index contributed by atoms with van der Waals surface area (Å²) in [7, 11) is 0. The van der Waals surface area contributed by atoms with Crippen LogP contribution in [0, 0.1) is 6.92 Å². The van der Waals surface area contributed by atoms with Crippen molar-refractivity contribution in [3.05, 3.63) is 35.4 Å². The summed E-state index contributed by atoms with van der Waals surface area (Å²) in [5.74, 6) is 0.574. The maximum absolute atomic E-state index is 3.55. The van der Waals surface area contributed by atoms with E-state index in [2.05, 4.69) is 64.2 Å². The second-order valence-corrected chi connectivity index (χ2v) is 5.39. The van der Waals surface area contributed by atoms with E-state index in [1.54, 1.807) is 0 Å². The lowest BCUT2D eigenvalue weighted by Crippen LogP contribution is -2.38. The lowest BCUT2D eigenvalue weighted by Gasteiger charge is -2.24. The molecule has 1 N–H and O–H groups in total. The van der Waals surface area contributed by atoms with Crippen LogP contribution in [0.4, 0.5) is 0 Å². The molecule has 1 rings (SSSR count). The highest BCUT2D eigenvalue weighted by Crippen LogP contribution is 2.18. The zero-order valence-electron chi connectivity index (χ0n) is 10.6. The molecule has 0 heterocycles. The average molecular weight is 205 g/mol. The molecule has 0 bridgehead atoms. The van der Waals surface area contributed by atoms with Crippen LogP contribution >= 0.6 is 0 Å². The molecule has 1 aromatic carbocycles. The first-order valence-electron chi connectivity index (χ1n) is 5.71. The summed E-state index contributed by atoms with van der Waals surface area (Å²) in [6, 6.07) is 8.63. The van der Waals surface area contributed by atoms with Crippen molar-refractivity contribution < 1.29 is 0 Å². The molecular weight excluding hydrogens is 182 g/mol. The van der Waals surface area contributed by atoms with Gasteiger partial charge in [-0.05, 0) is 44.7 Å². The predicted molar refractivity (Wildman–Crippen MR) is 67.3 cm³/mol. The van der Waals surface area contributed by atoms with Crippen LogP contribution in [0.25, 0.3) is 0 Å². The molecule has 15 heavy (non-hydrogen) atoms. The van der Waals surface area contributed by atoms with Gasteiger partial charge < -0.3 is 5.32 Å². The highest BCUT2D eigenvalue weighted by atomic mass is 14.9. The fourth-order valence-electron chi connectivity index (χ4n) is 1.71. The summed E-state index contributed by atoms with van der Waals surface area (Å²) < 4.78 is 0. The van der Waals surface area contributed by atoms with E-state index in [0.29, 0.717) is 5.92 Å². The molecule has 0 fully saturated rings. The first-order chi connectivity index (χ1) is 6.90. The van der Waals surface area contributed by atoms with Crippen molar-refractivity contribution in [2.24, 2.45) is 0 Å². The molecule has 0 spiro atoms. The van der Waals surface area contributed by atoms with Crippen LogP contribution in [-0.4, -0.2) is 12.1 Å². The van der Waals surface area contributed by atoms with Gasteiger partial charge in [-0.2, -0.15) is 0 Å². The van der Waals surface area contributed by atoms with Gasteiger partial charge in [0.15, 0.2) is 0 Å². The molecule has 1 atom stereocenters. The van der Waals surface area contributed by atoms with Gasteiger partial charge in [0.05, 0.1) is 0 Å². The van der Waals surface area contributed by atoms with Crippen molar-refractivity contribution in [3.63, 3.8) is 0 Å². The Morgan fingerprint density at radius 3 is 2.33 bits per heavy atom. The number of rotatable bonds is 3. The first-order valence-corrected chi connectivity index (χ1v) is 5.71. The summed E-state index contributed by atoms with van der Waals surface area (Å²) in [6.07, 6.45) is 0. The Kier molecular flexibility index (Phi) is 3.92. The molecule has 1 unspecified atom stereocenters. The second-order valence-electron chi connectivity index (χ2n) is 5.39. The van der Waals surface area contributed by atoms with Crippen molar-refractivity contribution in [2.75, 3.05) is 6.54 Å². The Hall–Kier alpha value is -0.820. The summed E-state index contributed by atoms with van der Waals surface area (Å²) in [5.41, 5.74) is 3.05. The van der Waals surface area contributed by atoms with E-state index in [1.807, 2.05) is 0 Å². The number of aryl methyl sites for hydroxylation is 1. The summed E-state index contributed by atoms with van der Waals surface area (Å²) >= 11 is 0. The van der Waals surface area contributed by atoms with Gasteiger partial charge in [0.25, 0.3) is 0 Å². The van der Waals surface area contributed by atoms with Gasteiger partial charge in [-0.3, -0.25) is 0 Å². The van der Waals surface area contributed by atoms with E-state index in [-0.39, 0.29) is 5.54 Å². The fraction of sp³-hybridized carbons (Fsp3) is 0.571. The van der Waals surface area contributed by atoms with E-state index >= 15 is 0 Å². The largest absolute Gasteiger partial charge is 0.311 e. The Balaban J connectivity index is 2.62. The van der Waals surface area contributed by atoms with E-state index in [9.17, 15) is 0 Å². The molecular formula is C14H23N. The van der Waals surface area contributed by atoms with Gasteiger partial charge in [0.2, 0.25) is 0 Å². The molecule has 0 saturated heterocycles. The Morgan fingerprint density at radius 2 is 1.80 bits per heavy atom. The number of hydrogen-bond acceptors (Lipinski definition) is 1. The van der Waals surface area contributed by atoms with Crippen molar-refractivity contribution in [1.29, 1.82) is 0 Å². The fourth-order valence-corrected chi connectivity index (χ4v) is 1.71. The van der Waals surface area contributed by atoms with Crippen LogP contribution in [0.2, 0.25) is 0 Å². The zero-order chi connectivity index (χ0) is 11.5. The average Bonchev–Trinajstić information content (AvgIpc) is 2.14. The third-order valence-corrected chi connectivity index (χ3v) is 2.66. The van der Waals surface area contributed by atoms with Gasteiger partial charge >= 0.3 is 0 Å². The van der Waals surface area contributed by atoms with E-state index < -0.39 is 0 Å². The summed E-state index contributed by atoms with van der Waals surface area (Å²) in [4.78, 5) is 0. The lowest BCUT2D eigenvalue weighted by atomic mass is 9.95. The molecule has 0 aromatic heterocycles. The zero-order valence-corrected chi connectivity index (χ0v) is 10.6. The lowest BCUT2D eigenvalue weighted by molar-refractivity contribution is 0.412. The minimum Gasteiger partial charge on any atom is -0.311 e. The quantitative estimate of drug-likeness (QED) is 0.796. The van der Waals surface area contributed by atoms with Crippen LogP contribution < -0.4 is 5.32 Å². The molecule has 1 heteroatoms. The Labute approximate surface area is 93.9 Å². The molecule has 84 valence electrons. The molecule has 0 saturated carbocycles. The number of benzene rings is 1. The van der Waals surface area contributed by atoms with Crippen LogP contribution in [0.15, 0.2) is 24.3 Å². The smallest absolute Gasteiger partial charge is 0.00967 e. The summed E-state index contributed by atoms with van der Waals surface area (Å²) in [5, 5.41) is 3.55. The van der Waals surface area contributed by atoms with E-state index in [1.165, 1.54) is 11.1 Å². The molecule has 0 aliphatic rings. The van der Waals surface area contributed by atoms with E-state index in [0.717, 1.165) is 6.54 Å². The van der Waals surface area contributed by atoms with Crippen molar-refractivity contribution >= 4 is 0 Å². The van der Waals surface area contributed by atoms with Gasteiger partial charge in [-0.1, -0.05) is 31.2 Å². The number of hydrogen-bond donors (Lipinski definition) is 1. The third-order valence-electron chi connectivity index (χ3n) is 2.66. The summed E-state index contributed by atoms with van der Waals surface area (Å²) in [6.45, 7) is 12.1. The molecule has 0 radical (unpaired) electrons. The van der Waals surface area contributed by atoms with Gasteiger partial charge in [0, 0.05) is 12.1 Å². The normalized spacial score (nSPS) is 13.9. The molecule has 0 amide bonds. The molecule has 0 aliphatic carbocycles. The highest BCUT2D eigenvalue weighted by molar-refractivity contribution is 5.28. The van der Waals surface area contributed by atoms with E-state index in [4.69, 9.17) is 0 Å². The highest BCUT2D eigenvalue weighted by Gasteiger charge is 2.13. The predicted octanol–water partition coefficient (Wildman–Crippen LogP) is 3.49. The molecule has 1 aromatic rings. The van der Waals surface area contributed by atoms with Gasteiger partial charge in [-0.15, -0.1) is 0 Å². The Morgan fingerprint density at radius 1 is 1.20 bits per heavy atom. The minimum absolute atomic E-state index is 0.205. The van der Waals surface area contributed by atoms with Crippen molar-refractivity contribution in [1.82, 2.24) is 5.32 Å². The van der Waals surface area contributed by atoms with Crippen LogP contribution in [0.1, 0.15) is 44.7 Å². The van der Waals surface area contributed by atoms with Gasteiger partial charge in [0.1, 0.15) is 0 Å². The second kappa shape index (κ2) is 4.80. The molecule has 0 aliphatic heterocycles. The maximum atomic E-state index is 3.55. The van der Waals surface area contributed by atoms with Gasteiger partial charge in [-0.25, -0.2) is 0 Å². The van der Waals surface area contributed by atoms with Crippen LogP contribution in [0.3, 0.4) is 0 Å². The van der Waals surface area contributed by atoms with Crippen LogP contribution in [-0.2, 0) is 0 Å². The maximum Gasteiger partial charge on any atom is 0.00967 e. The van der Waals surface area contributed by atoms with Crippen molar-refractivity contribution in [2.45, 2.75) is 46.1 Å². The topological polar surface area (TPSA) is 12.0 Å². The minimum atomic E-state index is 0.205. The van der Waals surface area contributed by atoms with Crippen LogP contribution in [0.5, 0.6) is 0 Å². The first kappa shape index (κ1) is 12.3. The molecule has 1 nitrogen and oxygen atoms in total. The Bertz CT molecular complexity index is 309. The standard InChI is InChI=1S/C14H23N/c1-11-8-6-7-9-13(11)12(2)10-15-14(3,4)5/h6-9,12,15H,10H2,1-5H3. The van der Waals surface area contributed by atoms with Crippen molar-refractivity contribution in [3.8, 4) is 0 Å². The monoisotopic (exact) mass is 205 g/mol.